The molecule has 8 heteroatoms. The molecule has 0 aliphatic heterocycles. The Hall–Kier alpha value is -2.19. The van der Waals surface area contributed by atoms with E-state index in [9.17, 15) is 0 Å². The van der Waals surface area contributed by atoms with Gasteiger partial charge in [0.2, 0.25) is 17.7 Å². The van der Waals surface area contributed by atoms with Crippen LogP contribution in [-0.2, 0) is 0 Å². The summed E-state index contributed by atoms with van der Waals surface area (Å²) in [5, 5.41) is 9.56. The number of H-pyrrole nitrogens is 1. The lowest BCUT2D eigenvalue weighted by atomic mass is 10.4. The summed E-state index contributed by atoms with van der Waals surface area (Å²) in [5.74, 6) is 6.53. The van der Waals surface area contributed by atoms with Crippen LogP contribution in [0.1, 0.15) is 5.69 Å². The van der Waals surface area contributed by atoms with E-state index in [-0.39, 0.29) is 0 Å². The van der Waals surface area contributed by atoms with E-state index in [4.69, 9.17) is 10.6 Å². The Labute approximate surface area is 106 Å². The van der Waals surface area contributed by atoms with Gasteiger partial charge in [-0.1, -0.05) is 0 Å². The van der Waals surface area contributed by atoms with Crippen LogP contribution in [0.5, 0.6) is 11.8 Å². The third kappa shape index (κ3) is 1.87. The van der Waals surface area contributed by atoms with Gasteiger partial charge >= 0.3 is 0 Å². The molecule has 0 spiro atoms. The SMILES string of the molecule is Cc1cc(Oc2nc(NN)nc3sccc23)n[nH]1. The lowest BCUT2D eigenvalue weighted by molar-refractivity contribution is 0.449. The molecule has 0 saturated carbocycles. The van der Waals surface area contributed by atoms with Crippen LogP contribution in [-0.4, -0.2) is 20.2 Å². The van der Waals surface area contributed by atoms with Crippen molar-refractivity contribution in [3.05, 3.63) is 23.2 Å². The predicted molar refractivity (Wildman–Crippen MR) is 68.6 cm³/mol. The molecule has 4 N–H and O–H groups in total. The van der Waals surface area contributed by atoms with Crippen LogP contribution in [0.2, 0.25) is 0 Å². The molecule has 0 radical (unpaired) electrons. The van der Waals surface area contributed by atoms with E-state index in [1.54, 1.807) is 6.07 Å². The molecule has 3 rings (SSSR count). The van der Waals surface area contributed by atoms with Gasteiger partial charge in [-0.25, -0.2) is 10.8 Å². The molecule has 0 saturated heterocycles. The summed E-state index contributed by atoms with van der Waals surface area (Å²) in [6.07, 6.45) is 0. The van der Waals surface area contributed by atoms with Crippen molar-refractivity contribution >= 4 is 27.5 Å². The first kappa shape index (κ1) is 10.9. The topological polar surface area (TPSA) is 102 Å². The highest BCUT2D eigenvalue weighted by atomic mass is 32.1. The predicted octanol–water partition coefficient (Wildman–Crippen LogP) is 1.80. The lowest BCUT2D eigenvalue weighted by Gasteiger charge is -2.04. The summed E-state index contributed by atoms with van der Waals surface area (Å²) in [7, 11) is 0. The molecule has 0 aliphatic carbocycles. The highest BCUT2D eigenvalue weighted by molar-refractivity contribution is 7.16. The molecular formula is C10H10N6OS. The Morgan fingerprint density at radius 1 is 1.44 bits per heavy atom. The number of nitrogens with two attached hydrogens (primary N) is 1. The number of aromatic nitrogens is 4. The largest absolute Gasteiger partial charge is 0.418 e. The van der Waals surface area contributed by atoms with E-state index in [0.717, 1.165) is 15.9 Å². The summed E-state index contributed by atoms with van der Waals surface area (Å²) >= 11 is 1.49. The molecule has 0 fully saturated rings. The number of nitrogens with one attached hydrogen (secondary N) is 2. The fourth-order valence-electron chi connectivity index (χ4n) is 1.51. The van der Waals surface area contributed by atoms with Crippen LogP contribution in [0, 0.1) is 6.92 Å². The first-order chi connectivity index (χ1) is 8.76. The number of aryl methyl sites for hydroxylation is 1. The zero-order valence-corrected chi connectivity index (χ0v) is 10.3. The van der Waals surface area contributed by atoms with Crippen molar-refractivity contribution in [1.29, 1.82) is 0 Å². The first-order valence-electron chi connectivity index (χ1n) is 5.18. The second-order valence-corrected chi connectivity index (χ2v) is 4.52. The fourth-order valence-corrected chi connectivity index (χ4v) is 2.27. The summed E-state index contributed by atoms with van der Waals surface area (Å²) in [6, 6.07) is 3.69. The van der Waals surface area contributed by atoms with Crippen LogP contribution in [0.25, 0.3) is 10.2 Å². The minimum Gasteiger partial charge on any atom is -0.418 e. The molecule has 0 aromatic carbocycles. The Balaban J connectivity index is 2.06. The van der Waals surface area contributed by atoms with E-state index >= 15 is 0 Å². The van der Waals surface area contributed by atoms with Crippen molar-refractivity contribution in [2.24, 2.45) is 5.84 Å². The van der Waals surface area contributed by atoms with Crippen molar-refractivity contribution in [2.45, 2.75) is 6.92 Å². The third-order valence-corrected chi connectivity index (χ3v) is 3.11. The molecule has 0 amide bonds. The normalized spacial score (nSPS) is 10.8. The average Bonchev–Trinajstić information content (AvgIpc) is 2.98. The van der Waals surface area contributed by atoms with Crippen molar-refractivity contribution < 1.29 is 4.74 Å². The Morgan fingerprint density at radius 3 is 3.06 bits per heavy atom. The van der Waals surface area contributed by atoms with Gasteiger partial charge in [0.15, 0.2) is 0 Å². The van der Waals surface area contributed by atoms with Gasteiger partial charge in [-0.3, -0.25) is 10.5 Å². The average molecular weight is 262 g/mol. The number of aromatic amines is 1. The quantitative estimate of drug-likeness (QED) is 0.491. The zero-order valence-electron chi connectivity index (χ0n) is 9.47. The van der Waals surface area contributed by atoms with Gasteiger partial charge in [0, 0.05) is 11.8 Å². The van der Waals surface area contributed by atoms with Crippen LogP contribution in [0.15, 0.2) is 17.5 Å². The maximum absolute atomic E-state index is 5.63. The molecule has 3 aromatic rings. The molecule has 0 atom stereocenters. The summed E-state index contributed by atoms with van der Waals surface area (Å²) in [4.78, 5) is 9.21. The summed E-state index contributed by atoms with van der Waals surface area (Å²) in [6.45, 7) is 1.90. The molecule has 7 nitrogen and oxygen atoms in total. The highest BCUT2D eigenvalue weighted by Gasteiger charge is 2.11. The Morgan fingerprint density at radius 2 is 2.33 bits per heavy atom. The van der Waals surface area contributed by atoms with E-state index in [1.165, 1.54) is 11.3 Å². The number of nitrogens with zero attached hydrogens (tertiary/aromatic N) is 3. The highest BCUT2D eigenvalue weighted by Crippen LogP contribution is 2.30. The van der Waals surface area contributed by atoms with E-state index in [2.05, 4.69) is 25.6 Å². The van der Waals surface area contributed by atoms with Crippen LogP contribution < -0.4 is 16.0 Å². The van der Waals surface area contributed by atoms with Crippen LogP contribution in [0.4, 0.5) is 5.95 Å². The Bertz CT molecular complexity index is 691. The maximum atomic E-state index is 5.63. The molecule has 0 aliphatic rings. The standard InChI is InChI=1S/C10H10N6OS/c1-5-4-7(16-15-5)17-8-6-2-3-18-9(6)13-10(12-8)14-11/h2-4H,11H2,1H3,(H,15,16)(H,12,13,14). The molecule has 92 valence electrons. The maximum Gasteiger partial charge on any atom is 0.241 e. The molecular weight excluding hydrogens is 252 g/mol. The van der Waals surface area contributed by atoms with Crippen molar-refractivity contribution in [3.8, 4) is 11.8 Å². The molecule has 0 bridgehead atoms. The van der Waals surface area contributed by atoms with Crippen molar-refractivity contribution in [3.63, 3.8) is 0 Å². The third-order valence-electron chi connectivity index (χ3n) is 2.30. The zero-order chi connectivity index (χ0) is 12.5. The number of hydrogen-bond acceptors (Lipinski definition) is 7. The van der Waals surface area contributed by atoms with Gasteiger partial charge in [0.05, 0.1) is 5.39 Å². The molecule has 0 unspecified atom stereocenters. The van der Waals surface area contributed by atoms with Gasteiger partial charge in [-0.05, 0) is 18.4 Å². The molecule has 3 heterocycles. The van der Waals surface area contributed by atoms with Gasteiger partial charge in [-0.15, -0.1) is 16.4 Å². The number of rotatable bonds is 3. The minimum absolute atomic E-state index is 0.312. The van der Waals surface area contributed by atoms with E-state index in [0.29, 0.717) is 17.7 Å². The number of anilines is 1. The second-order valence-electron chi connectivity index (χ2n) is 3.63. The molecule has 18 heavy (non-hydrogen) atoms. The number of nitrogen functional groups attached to an aromatic ring is 1. The van der Waals surface area contributed by atoms with Crippen molar-refractivity contribution in [1.82, 2.24) is 20.2 Å². The number of thiophene rings is 1. The Kier molecular flexibility index (Phi) is 2.58. The van der Waals surface area contributed by atoms with E-state index < -0.39 is 0 Å². The smallest absolute Gasteiger partial charge is 0.241 e. The first-order valence-corrected chi connectivity index (χ1v) is 6.06. The van der Waals surface area contributed by atoms with Crippen LogP contribution in [0.3, 0.4) is 0 Å². The van der Waals surface area contributed by atoms with Crippen LogP contribution >= 0.6 is 11.3 Å². The minimum atomic E-state index is 0.312. The monoisotopic (exact) mass is 262 g/mol. The lowest BCUT2D eigenvalue weighted by Crippen LogP contribution is -2.10. The van der Waals surface area contributed by atoms with Gasteiger partial charge in [-0.2, -0.15) is 4.98 Å². The summed E-state index contributed by atoms with van der Waals surface area (Å²) < 4.78 is 5.63. The number of hydrazine groups is 1. The summed E-state index contributed by atoms with van der Waals surface area (Å²) in [5.41, 5.74) is 3.33. The number of ether oxygens (including phenoxy) is 1. The van der Waals surface area contributed by atoms with Gasteiger partial charge in [0.1, 0.15) is 4.83 Å². The van der Waals surface area contributed by atoms with E-state index in [1.807, 2.05) is 18.4 Å². The number of hydrogen-bond donors (Lipinski definition) is 3. The molecule has 3 aromatic heterocycles. The van der Waals surface area contributed by atoms with Crippen molar-refractivity contribution in [2.75, 3.05) is 5.43 Å². The second kappa shape index (κ2) is 4.24. The van der Waals surface area contributed by atoms with Gasteiger partial charge in [0.25, 0.3) is 0 Å². The number of fused-ring (bicyclic) bond motifs is 1. The van der Waals surface area contributed by atoms with Gasteiger partial charge < -0.3 is 4.74 Å². The fraction of sp³-hybridized carbons (Fsp3) is 0.100.